The van der Waals surface area contributed by atoms with Crippen molar-refractivity contribution in [2.75, 3.05) is 52.4 Å². The van der Waals surface area contributed by atoms with E-state index in [0.29, 0.717) is 24.7 Å². The Hall–Kier alpha value is -1.80. The maximum atomic E-state index is 12.4. The summed E-state index contributed by atoms with van der Waals surface area (Å²) < 4.78 is 6.69. The second-order valence-electron chi connectivity index (χ2n) is 6.03. The van der Waals surface area contributed by atoms with Crippen molar-refractivity contribution in [2.45, 2.75) is 13.0 Å². The molecule has 0 saturated carbocycles. The summed E-state index contributed by atoms with van der Waals surface area (Å²) >= 11 is 5.86. The molecular formula is C15H22ClN5O3. The van der Waals surface area contributed by atoms with E-state index in [1.807, 2.05) is 15.8 Å². The van der Waals surface area contributed by atoms with Gasteiger partial charge in [0.25, 0.3) is 0 Å². The zero-order valence-corrected chi connectivity index (χ0v) is 14.3. The smallest absolute Gasteiger partial charge is 0.410 e. The van der Waals surface area contributed by atoms with Gasteiger partial charge in [0.1, 0.15) is 13.2 Å². The molecule has 3 heterocycles. The number of cyclic esters (lactones) is 1. The highest BCUT2D eigenvalue weighted by molar-refractivity contribution is 6.30. The molecule has 3 rings (SSSR count). The van der Waals surface area contributed by atoms with Crippen LogP contribution in [0.1, 0.15) is 6.42 Å². The molecule has 0 spiro atoms. The Kier molecular flexibility index (Phi) is 5.57. The van der Waals surface area contributed by atoms with E-state index in [9.17, 15) is 9.59 Å². The third kappa shape index (κ3) is 4.39. The van der Waals surface area contributed by atoms with Gasteiger partial charge in [0.15, 0.2) is 0 Å². The summed E-state index contributed by atoms with van der Waals surface area (Å²) in [5.74, 6) is -0.00504. The lowest BCUT2D eigenvalue weighted by Crippen LogP contribution is -2.42. The molecule has 2 amide bonds. The van der Waals surface area contributed by atoms with Crippen LogP contribution in [0.4, 0.5) is 4.79 Å². The van der Waals surface area contributed by atoms with E-state index in [4.69, 9.17) is 16.3 Å². The molecule has 0 aliphatic carbocycles. The Morgan fingerprint density at radius 1 is 1.21 bits per heavy atom. The first-order chi connectivity index (χ1) is 11.6. The van der Waals surface area contributed by atoms with Gasteiger partial charge in [0.05, 0.1) is 24.3 Å². The molecule has 9 heteroatoms. The summed E-state index contributed by atoms with van der Waals surface area (Å²) in [5, 5.41) is 4.82. The maximum absolute atomic E-state index is 12.4. The molecule has 2 fully saturated rings. The Morgan fingerprint density at radius 2 is 2.08 bits per heavy atom. The number of amides is 2. The normalized spacial score (nSPS) is 19.5. The third-order valence-corrected chi connectivity index (χ3v) is 4.55. The second kappa shape index (κ2) is 7.85. The summed E-state index contributed by atoms with van der Waals surface area (Å²) in [5.41, 5.74) is 0. The van der Waals surface area contributed by atoms with Crippen LogP contribution >= 0.6 is 11.6 Å². The van der Waals surface area contributed by atoms with Crippen molar-refractivity contribution >= 4 is 23.6 Å². The Bertz CT molecular complexity index is 593. The number of halogens is 1. The average Bonchev–Trinajstić information content (AvgIpc) is 3.07. The van der Waals surface area contributed by atoms with E-state index < -0.39 is 6.09 Å². The minimum atomic E-state index is -0.391. The van der Waals surface area contributed by atoms with Gasteiger partial charge in [-0.2, -0.15) is 5.10 Å². The maximum Gasteiger partial charge on any atom is 0.410 e. The van der Waals surface area contributed by atoms with Crippen molar-refractivity contribution < 1.29 is 14.3 Å². The number of rotatable bonds is 5. The van der Waals surface area contributed by atoms with Crippen molar-refractivity contribution in [3.63, 3.8) is 0 Å². The van der Waals surface area contributed by atoms with Crippen LogP contribution in [0, 0.1) is 0 Å². The largest absolute Gasteiger partial charge is 0.448 e. The van der Waals surface area contributed by atoms with Crippen LogP contribution in [0.2, 0.25) is 5.02 Å². The lowest BCUT2D eigenvalue weighted by atomic mass is 10.3. The van der Waals surface area contributed by atoms with Crippen LogP contribution in [0.5, 0.6) is 0 Å². The number of carbonyl (C=O) groups excluding carboxylic acids is 2. The standard InChI is InChI=1S/C15H22ClN5O3/c16-13-10-17-21(11-13)7-5-18-2-1-3-19(6-4-18)14(22)12-20-8-9-24-15(20)23/h10-11H,1-9,12H2. The van der Waals surface area contributed by atoms with Gasteiger partial charge in [0, 0.05) is 32.4 Å². The molecule has 2 aliphatic rings. The topological polar surface area (TPSA) is 70.9 Å². The van der Waals surface area contributed by atoms with Gasteiger partial charge in [-0.15, -0.1) is 0 Å². The summed E-state index contributed by atoms with van der Waals surface area (Å²) in [6.45, 7) is 5.82. The zero-order chi connectivity index (χ0) is 16.9. The van der Waals surface area contributed by atoms with E-state index in [1.165, 1.54) is 4.90 Å². The van der Waals surface area contributed by atoms with Gasteiger partial charge in [-0.1, -0.05) is 11.6 Å². The van der Waals surface area contributed by atoms with Crippen LogP contribution in [0.15, 0.2) is 12.4 Å². The van der Waals surface area contributed by atoms with Gasteiger partial charge in [-0.25, -0.2) is 4.79 Å². The fourth-order valence-corrected chi connectivity index (χ4v) is 3.14. The van der Waals surface area contributed by atoms with Crippen LogP contribution < -0.4 is 0 Å². The summed E-state index contributed by atoms with van der Waals surface area (Å²) in [6.07, 6.45) is 3.98. The first kappa shape index (κ1) is 17.0. The highest BCUT2D eigenvalue weighted by atomic mass is 35.5. The summed E-state index contributed by atoms with van der Waals surface area (Å²) in [7, 11) is 0. The van der Waals surface area contributed by atoms with Crippen molar-refractivity contribution in [1.29, 1.82) is 0 Å². The van der Waals surface area contributed by atoms with Crippen LogP contribution in [-0.4, -0.2) is 88.9 Å². The molecule has 2 saturated heterocycles. The molecule has 24 heavy (non-hydrogen) atoms. The van der Waals surface area contributed by atoms with Crippen LogP contribution in [0.25, 0.3) is 0 Å². The first-order valence-corrected chi connectivity index (χ1v) is 8.59. The van der Waals surface area contributed by atoms with Crippen molar-refractivity contribution in [1.82, 2.24) is 24.5 Å². The van der Waals surface area contributed by atoms with E-state index in [2.05, 4.69) is 10.00 Å². The fraction of sp³-hybridized carbons (Fsp3) is 0.667. The third-order valence-electron chi connectivity index (χ3n) is 4.36. The monoisotopic (exact) mass is 355 g/mol. The molecule has 8 nitrogen and oxygen atoms in total. The zero-order valence-electron chi connectivity index (χ0n) is 13.6. The Balaban J connectivity index is 1.44. The van der Waals surface area contributed by atoms with Crippen LogP contribution in [0.3, 0.4) is 0 Å². The molecule has 132 valence electrons. The van der Waals surface area contributed by atoms with Crippen molar-refractivity contribution in [3.8, 4) is 0 Å². The number of carbonyl (C=O) groups is 2. The predicted molar refractivity (Wildman–Crippen MR) is 87.8 cm³/mol. The van der Waals surface area contributed by atoms with E-state index in [-0.39, 0.29) is 12.5 Å². The number of hydrogen-bond donors (Lipinski definition) is 0. The number of aromatic nitrogens is 2. The minimum absolute atomic E-state index is 0.00504. The highest BCUT2D eigenvalue weighted by Gasteiger charge is 2.27. The predicted octanol–water partition coefficient (Wildman–Crippen LogP) is 0.523. The molecule has 1 aromatic heterocycles. The SMILES string of the molecule is O=C(CN1CCOC1=O)N1CCCN(CCn2cc(Cl)cn2)CC1. The minimum Gasteiger partial charge on any atom is -0.448 e. The quantitative estimate of drug-likeness (QED) is 0.770. The molecule has 0 atom stereocenters. The molecule has 0 N–H and O–H groups in total. The van der Waals surface area contributed by atoms with Gasteiger partial charge in [-0.05, 0) is 13.0 Å². The lowest BCUT2D eigenvalue weighted by Gasteiger charge is -2.23. The van der Waals surface area contributed by atoms with E-state index >= 15 is 0 Å². The fourth-order valence-electron chi connectivity index (χ4n) is 2.98. The molecule has 0 unspecified atom stereocenters. The molecule has 0 bridgehead atoms. The molecule has 0 radical (unpaired) electrons. The molecule has 0 aromatic carbocycles. The number of nitrogens with zero attached hydrogens (tertiary/aromatic N) is 5. The summed E-state index contributed by atoms with van der Waals surface area (Å²) in [4.78, 5) is 29.4. The van der Waals surface area contributed by atoms with Gasteiger partial charge in [0.2, 0.25) is 5.91 Å². The highest BCUT2D eigenvalue weighted by Crippen LogP contribution is 2.08. The lowest BCUT2D eigenvalue weighted by molar-refractivity contribution is -0.131. The summed E-state index contributed by atoms with van der Waals surface area (Å²) in [6, 6.07) is 0. The number of ether oxygens (including phenoxy) is 1. The Labute approximate surface area is 145 Å². The Morgan fingerprint density at radius 3 is 2.79 bits per heavy atom. The molecular weight excluding hydrogens is 334 g/mol. The van der Waals surface area contributed by atoms with Gasteiger partial charge < -0.3 is 9.64 Å². The average molecular weight is 356 g/mol. The van der Waals surface area contributed by atoms with Crippen molar-refractivity contribution in [2.24, 2.45) is 0 Å². The van der Waals surface area contributed by atoms with E-state index in [0.717, 1.165) is 39.1 Å². The first-order valence-electron chi connectivity index (χ1n) is 8.21. The second-order valence-corrected chi connectivity index (χ2v) is 6.47. The van der Waals surface area contributed by atoms with Crippen LogP contribution in [-0.2, 0) is 16.1 Å². The van der Waals surface area contributed by atoms with E-state index in [1.54, 1.807) is 6.20 Å². The van der Waals surface area contributed by atoms with Gasteiger partial charge >= 0.3 is 6.09 Å². The van der Waals surface area contributed by atoms with Gasteiger partial charge in [-0.3, -0.25) is 19.3 Å². The molecule has 2 aliphatic heterocycles. The number of hydrogen-bond acceptors (Lipinski definition) is 5. The molecule has 1 aromatic rings. The van der Waals surface area contributed by atoms with Crippen molar-refractivity contribution in [3.05, 3.63) is 17.4 Å².